The molecule has 33 heteroatoms. The van der Waals surface area contributed by atoms with Gasteiger partial charge in [-0.15, -0.1) is 0 Å². The lowest BCUT2D eigenvalue weighted by atomic mass is 9.97. The second-order valence-electron chi connectivity index (χ2n) is 22.9. The van der Waals surface area contributed by atoms with Crippen molar-refractivity contribution in [1.29, 1.82) is 0 Å². The molecule has 0 saturated carbocycles. The molecule has 5 heterocycles. The second-order valence-corrected chi connectivity index (χ2v) is 22.9. The van der Waals surface area contributed by atoms with Crippen LogP contribution in [0.4, 0.5) is 5.69 Å². The number of amides is 8. The summed E-state index contributed by atoms with van der Waals surface area (Å²) in [5.74, 6) is -8.16. The maximum absolute atomic E-state index is 14.2. The van der Waals surface area contributed by atoms with Crippen molar-refractivity contribution < 1.29 is 102 Å². The van der Waals surface area contributed by atoms with Crippen molar-refractivity contribution in [3.8, 4) is 0 Å². The van der Waals surface area contributed by atoms with Crippen LogP contribution in [-0.4, -0.2) is 310 Å². The van der Waals surface area contributed by atoms with E-state index in [2.05, 4.69) is 31.9 Å². The number of aliphatic hydroxyl groups excluding tert-OH is 1. The molecule has 1 aromatic rings. The summed E-state index contributed by atoms with van der Waals surface area (Å²) in [5.41, 5.74) is 2.17. The SMILES string of the molecule is CC[C@H](C)[C@H](NC(=O)COCCOCCNC(=O)COCCOCCNC(=O)[C@@H](CCC(=O)O)NC(=O)CN1CCN(C(=O)CN2CCN(CC(=O)O)CCN(CC(=O)O)CC2)CC1)C(=O)N[C@H]1CCc2cccc3c2N(C1=O)[C@H](C(=O)NC1CC(=O)OC1O)C3. The van der Waals surface area contributed by atoms with Gasteiger partial charge in [0.15, 0.2) is 0 Å². The predicted molar refractivity (Wildman–Crippen MR) is 317 cm³/mol. The first kappa shape index (κ1) is 72.6. The molecule has 0 aliphatic carbocycles. The number of carbonyl (C=O) groups is 12. The first-order chi connectivity index (χ1) is 43.6. The molecule has 5 aliphatic heterocycles. The number of carboxylic acid groups (broad SMARTS) is 3. The van der Waals surface area contributed by atoms with Crippen LogP contribution in [0, 0.1) is 5.92 Å². The quantitative estimate of drug-likeness (QED) is 0.0221. The predicted octanol–water partition coefficient (Wildman–Crippen LogP) is -5.46. The van der Waals surface area contributed by atoms with Gasteiger partial charge < -0.3 is 80.9 Å². The summed E-state index contributed by atoms with van der Waals surface area (Å²) >= 11 is 0. The first-order valence-electron chi connectivity index (χ1n) is 30.8. The zero-order valence-electron chi connectivity index (χ0n) is 51.6. The van der Waals surface area contributed by atoms with E-state index in [1.165, 1.54) is 4.90 Å². The summed E-state index contributed by atoms with van der Waals surface area (Å²) < 4.78 is 26.6. The minimum atomic E-state index is -1.52. The Bertz CT molecular complexity index is 2670. The first-order valence-corrected chi connectivity index (χ1v) is 30.8. The maximum Gasteiger partial charge on any atom is 0.317 e. The van der Waals surface area contributed by atoms with E-state index >= 15 is 0 Å². The second kappa shape index (κ2) is 37.1. The Labute approximate surface area is 526 Å². The number of para-hydroxylation sites is 1. The van der Waals surface area contributed by atoms with Gasteiger partial charge in [0, 0.05) is 91.4 Å². The van der Waals surface area contributed by atoms with Gasteiger partial charge in [0.05, 0.1) is 77.9 Å². The highest BCUT2D eigenvalue weighted by Crippen LogP contribution is 2.39. The van der Waals surface area contributed by atoms with Gasteiger partial charge >= 0.3 is 23.9 Å². The number of aliphatic hydroxyl groups is 1. The van der Waals surface area contributed by atoms with Crippen molar-refractivity contribution in [3.63, 3.8) is 0 Å². The van der Waals surface area contributed by atoms with Gasteiger partial charge in [0.25, 0.3) is 0 Å². The van der Waals surface area contributed by atoms with Gasteiger partial charge in [-0.25, -0.2) is 0 Å². The zero-order chi connectivity index (χ0) is 66.0. The molecule has 0 bridgehead atoms. The van der Waals surface area contributed by atoms with Crippen LogP contribution in [0.15, 0.2) is 18.2 Å². The Balaban J connectivity index is 0.788. The maximum atomic E-state index is 14.2. The number of anilines is 1. The summed E-state index contributed by atoms with van der Waals surface area (Å²) in [7, 11) is 0. The monoisotopic (exact) mass is 1290 g/mol. The zero-order valence-corrected chi connectivity index (χ0v) is 51.6. The fourth-order valence-electron chi connectivity index (χ4n) is 11.0. The highest BCUT2D eigenvalue weighted by atomic mass is 16.6. The van der Waals surface area contributed by atoms with E-state index in [4.69, 9.17) is 23.7 Å². The van der Waals surface area contributed by atoms with Crippen molar-refractivity contribution in [3.05, 3.63) is 29.3 Å². The van der Waals surface area contributed by atoms with Crippen LogP contribution < -0.4 is 36.8 Å². The van der Waals surface area contributed by atoms with Gasteiger partial charge in [-0.1, -0.05) is 38.5 Å². The fourth-order valence-corrected chi connectivity index (χ4v) is 11.0. The summed E-state index contributed by atoms with van der Waals surface area (Å²) in [6.07, 6.45) is -0.982. The molecule has 10 N–H and O–H groups in total. The molecular weight excluding hydrogens is 1200 g/mol. The lowest BCUT2D eigenvalue weighted by Gasteiger charge is -2.36. The van der Waals surface area contributed by atoms with Crippen LogP contribution >= 0.6 is 0 Å². The molecule has 1 aromatic carbocycles. The summed E-state index contributed by atoms with van der Waals surface area (Å²) in [4.78, 5) is 163. The molecule has 7 atom stereocenters. The van der Waals surface area contributed by atoms with Crippen LogP contribution in [0.1, 0.15) is 57.1 Å². The molecule has 3 saturated heterocycles. The summed E-state index contributed by atoms with van der Waals surface area (Å²) in [5, 5.41) is 54.1. The van der Waals surface area contributed by atoms with E-state index in [1.807, 2.05) is 34.9 Å². The number of rotatable bonds is 36. The third kappa shape index (κ3) is 23.9. The molecule has 3 fully saturated rings. The fraction of sp³-hybridized carbons (Fsp3) is 0.690. The molecule has 5 aliphatic rings. The van der Waals surface area contributed by atoms with Crippen molar-refractivity contribution in [1.82, 2.24) is 56.4 Å². The number of esters is 1. The molecule has 506 valence electrons. The number of carbonyl (C=O) groups excluding carboxylic acids is 9. The van der Waals surface area contributed by atoms with Crippen molar-refractivity contribution in [2.45, 2.75) is 95.3 Å². The van der Waals surface area contributed by atoms with Crippen LogP contribution in [0.5, 0.6) is 0 Å². The third-order valence-corrected chi connectivity index (χ3v) is 16.1. The van der Waals surface area contributed by atoms with Crippen LogP contribution in [0.3, 0.4) is 0 Å². The van der Waals surface area contributed by atoms with E-state index in [1.54, 1.807) is 21.6 Å². The Hall–Kier alpha value is -7.50. The number of hydrogen-bond acceptors (Lipinski definition) is 22. The molecule has 6 rings (SSSR count). The number of benzene rings is 1. The Morgan fingerprint density at radius 1 is 0.626 bits per heavy atom. The number of carboxylic acids is 3. The summed E-state index contributed by atoms with van der Waals surface area (Å²) in [6, 6.07) is 0.285. The van der Waals surface area contributed by atoms with E-state index in [0.29, 0.717) is 84.0 Å². The number of hydrogen-bond donors (Lipinski definition) is 10. The number of nitrogens with zero attached hydrogens (tertiary/aromatic N) is 6. The lowest BCUT2D eigenvalue weighted by Crippen LogP contribution is -2.59. The molecule has 33 nitrogen and oxygen atoms in total. The highest BCUT2D eigenvalue weighted by molar-refractivity contribution is 6.08. The van der Waals surface area contributed by atoms with Crippen molar-refractivity contribution in [2.75, 3.05) is 162 Å². The average Bonchev–Trinajstić information content (AvgIpc) is 1.63. The average molecular weight is 1290 g/mol. The number of nitrogens with one attached hydrogen (secondary N) is 6. The van der Waals surface area contributed by atoms with Gasteiger partial charge in [-0.3, -0.25) is 82.0 Å². The minimum absolute atomic E-state index is 0.0137. The molecule has 0 aromatic heterocycles. The van der Waals surface area contributed by atoms with E-state index in [9.17, 15) is 78.0 Å². The van der Waals surface area contributed by atoms with Crippen molar-refractivity contribution in [2.24, 2.45) is 5.92 Å². The van der Waals surface area contributed by atoms with Gasteiger partial charge in [-0.05, 0) is 36.3 Å². The Kier molecular flexibility index (Phi) is 29.6. The molecule has 8 amide bonds. The topological polar surface area (TPSA) is 424 Å². The smallest absolute Gasteiger partial charge is 0.317 e. The van der Waals surface area contributed by atoms with Crippen LogP contribution in [0.25, 0.3) is 0 Å². The standard InChI is InChI=1S/C58H88N12O21/c1-3-37(2)52(56(84)62-41-8-7-38-5-4-6-39-29-43(70(53(38)39)57(41)85)55(83)63-42-30-51(81)91-58(42)86)64-46(73)36-90-28-26-87-23-11-59-45(72)35-89-27-25-88-24-12-60-54(82)40(9-10-48(75)76)61-44(71)31-65-19-21-69(22-20-65)47(74)32-66-13-15-67(33-49(77)78)17-18-68(16-14-66)34-50(79)80/h4-6,37,40-43,52,58,86H,3,7-36H2,1-2H3,(H,59,72)(H,60,82)(H,61,71)(H,62,84)(H,63,83)(H,64,73)(H,75,76)(H,77,78)(H,79,80)/t37-,40+,41-,42?,43-,52-,58?/m0/s1. The van der Waals surface area contributed by atoms with Gasteiger partial charge in [0.1, 0.15) is 43.4 Å². The van der Waals surface area contributed by atoms with E-state index < -0.39 is 108 Å². The largest absolute Gasteiger partial charge is 0.481 e. The van der Waals surface area contributed by atoms with E-state index in [0.717, 1.165) is 11.1 Å². The number of aliphatic carboxylic acids is 3. The normalized spacial score (nSPS) is 20.9. The molecule has 91 heavy (non-hydrogen) atoms. The van der Waals surface area contributed by atoms with Gasteiger partial charge in [-0.2, -0.15) is 0 Å². The summed E-state index contributed by atoms with van der Waals surface area (Å²) in [6.45, 7) is 6.67. The van der Waals surface area contributed by atoms with Gasteiger partial charge in [0.2, 0.25) is 53.5 Å². The number of piperazine rings is 1. The van der Waals surface area contributed by atoms with Crippen LogP contribution in [-0.2, 0) is 94.1 Å². The van der Waals surface area contributed by atoms with Crippen molar-refractivity contribution >= 4 is 76.8 Å². The third-order valence-electron chi connectivity index (χ3n) is 16.1. The van der Waals surface area contributed by atoms with E-state index in [-0.39, 0.29) is 129 Å². The van der Waals surface area contributed by atoms with Crippen LogP contribution in [0.2, 0.25) is 0 Å². The Morgan fingerprint density at radius 3 is 1.77 bits per heavy atom. The lowest BCUT2D eigenvalue weighted by molar-refractivity contribution is -0.155. The molecule has 0 radical (unpaired) electrons. The number of aryl methyl sites for hydroxylation is 1. The minimum Gasteiger partial charge on any atom is -0.481 e. The number of cyclic esters (lactones) is 1. The molecule has 0 spiro atoms. The molecule has 2 unspecified atom stereocenters. The number of ether oxygens (including phenoxy) is 5. The highest BCUT2D eigenvalue weighted by Gasteiger charge is 2.46. The Morgan fingerprint density at radius 2 is 1.19 bits per heavy atom. The molecular formula is C58H88N12O21.